The molecule has 2 aromatic rings. The molecule has 1 N–H and O–H groups in total. The lowest BCUT2D eigenvalue weighted by Gasteiger charge is -2.23. The van der Waals surface area contributed by atoms with E-state index in [-0.39, 0.29) is 16.9 Å². The standard InChI is InChI=1S/C20H21FN2O4/c1-22(2)10-4-11-23-17(15-5-3-12-27-15)16(19(25)20(23)26)18(24)13-6-8-14(21)9-7-13/h3,5-9,12,17,24H,4,10-11H2,1-2H3. The predicted octanol–water partition coefficient (Wildman–Crippen LogP) is 2.79. The van der Waals surface area contributed by atoms with Gasteiger partial charge < -0.3 is 19.3 Å². The van der Waals surface area contributed by atoms with Crippen LogP contribution in [0.3, 0.4) is 0 Å². The van der Waals surface area contributed by atoms with Crippen molar-refractivity contribution in [1.29, 1.82) is 0 Å². The Morgan fingerprint density at radius 2 is 1.93 bits per heavy atom. The van der Waals surface area contributed by atoms with Crippen LogP contribution in [-0.2, 0) is 9.59 Å². The van der Waals surface area contributed by atoms with Gasteiger partial charge in [0.05, 0.1) is 11.8 Å². The van der Waals surface area contributed by atoms with E-state index in [1.54, 1.807) is 12.1 Å². The molecular formula is C20H21FN2O4. The van der Waals surface area contributed by atoms with Crippen LogP contribution in [0.4, 0.5) is 4.39 Å². The molecule has 2 heterocycles. The fourth-order valence-corrected chi connectivity index (χ4v) is 3.17. The molecule has 1 saturated heterocycles. The number of aliphatic hydroxyl groups excluding tert-OH is 1. The zero-order valence-electron chi connectivity index (χ0n) is 15.2. The molecule has 1 aliphatic rings. The second kappa shape index (κ2) is 7.75. The Balaban J connectivity index is 2.03. The minimum atomic E-state index is -0.813. The van der Waals surface area contributed by atoms with E-state index in [1.165, 1.54) is 35.4 Å². The Labute approximate surface area is 156 Å². The van der Waals surface area contributed by atoms with E-state index in [1.807, 2.05) is 19.0 Å². The van der Waals surface area contributed by atoms with Gasteiger partial charge in [0.2, 0.25) is 0 Å². The Kier molecular flexibility index (Phi) is 5.41. The lowest BCUT2D eigenvalue weighted by atomic mass is 9.99. The van der Waals surface area contributed by atoms with Crippen molar-refractivity contribution in [2.75, 3.05) is 27.2 Å². The van der Waals surface area contributed by atoms with Crippen LogP contribution >= 0.6 is 0 Å². The van der Waals surface area contributed by atoms with Gasteiger partial charge in [0.25, 0.3) is 11.7 Å². The fraction of sp³-hybridized carbons (Fsp3) is 0.300. The summed E-state index contributed by atoms with van der Waals surface area (Å²) >= 11 is 0. The molecule has 3 rings (SSSR count). The molecule has 1 aromatic heterocycles. The van der Waals surface area contributed by atoms with Crippen LogP contribution in [0.1, 0.15) is 23.8 Å². The van der Waals surface area contributed by atoms with Crippen molar-refractivity contribution in [1.82, 2.24) is 9.80 Å². The van der Waals surface area contributed by atoms with Gasteiger partial charge in [-0.1, -0.05) is 0 Å². The monoisotopic (exact) mass is 372 g/mol. The van der Waals surface area contributed by atoms with Gasteiger partial charge in [-0.25, -0.2) is 4.39 Å². The summed E-state index contributed by atoms with van der Waals surface area (Å²) in [4.78, 5) is 28.7. The maximum atomic E-state index is 13.2. The maximum absolute atomic E-state index is 13.2. The van der Waals surface area contributed by atoms with Crippen LogP contribution in [0.15, 0.2) is 52.7 Å². The van der Waals surface area contributed by atoms with E-state index < -0.39 is 23.5 Å². The molecule has 0 aliphatic carbocycles. The van der Waals surface area contributed by atoms with Crippen molar-refractivity contribution in [3.8, 4) is 0 Å². The molecule has 0 saturated carbocycles. The molecule has 0 bridgehead atoms. The zero-order valence-corrected chi connectivity index (χ0v) is 15.2. The summed E-state index contributed by atoms with van der Waals surface area (Å²) in [6.45, 7) is 1.08. The SMILES string of the molecule is CN(C)CCCN1C(=O)C(=O)C(=C(O)c2ccc(F)cc2)C1c1ccco1. The van der Waals surface area contributed by atoms with E-state index >= 15 is 0 Å². The molecule has 6 nitrogen and oxygen atoms in total. The van der Waals surface area contributed by atoms with Gasteiger partial charge in [-0.05, 0) is 63.5 Å². The van der Waals surface area contributed by atoms with Crippen LogP contribution in [0.2, 0.25) is 0 Å². The third-order valence-electron chi connectivity index (χ3n) is 4.47. The first-order valence-corrected chi connectivity index (χ1v) is 8.62. The number of likely N-dealkylation sites (tertiary alicyclic amines) is 1. The van der Waals surface area contributed by atoms with Crippen LogP contribution in [0.5, 0.6) is 0 Å². The highest BCUT2D eigenvalue weighted by molar-refractivity contribution is 6.46. The number of hydrogen-bond donors (Lipinski definition) is 1. The molecule has 0 spiro atoms. The Morgan fingerprint density at radius 3 is 2.52 bits per heavy atom. The number of furan rings is 1. The number of nitrogens with zero attached hydrogens (tertiary/aromatic N) is 2. The maximum Gasteiger partial charge on any atom is 0.295 e. The summed E-state index contributed by atoms with van der Waals surface area (Å²) in [5.41, 5.74) is 0.214. The van der Waals surface area contributed by atoms with Gasteiger partial charge in [0, 0.05) is 12.1 Å². The van der Waals surface area contributed by atoms with Crippen molar-refractivity contribution in [2.24, 2.45) is 0 Å². The number of ketones is 1. The Hall–Kier alpha value is -2.93. The Bertz CT molecular complexity index is 857. The van der Waals surface area contributed by atoms with E-state index in [2.05, 4.69) is 0 Å². The van der Waals surface area contributed by atoms with Gasteiger partial charge in [0.15, 0.2) is 0 Å². The number of carbonyl (C=O) groups excluding carboxylic acids is 2. The van der Waals surface area contributed by atoms with E-state index in [0.29, 0.717) is 18.7 Å². The largest absolute Gasteiger partial charge is 0.507 e. The minimum absolute atomic E-state index is 0.0496. The average molecular weight is 372 g/mol. The number of hydrogen-bond acceptors (Lipinski definition) is 5. The summed E-state index contributed by atoms with van der Waals surface area (Å²) in [5.74, 6) is -1.87. The molecule has 1 fully saturated rings. The molecular weight excluding hydrogens is 351 g/mol. The molecule has 0 radical (unpaired) electrons. The normalized spacial score (nSPS) is 19.3. The smallest absolute Gasteiger partial charge is 0.295 e. The molecule has 1 aromatic carbocycles. The molecule has 1 unspecified atom stereocenters. The van der Waals surface area contributed by atoms with Crippen molar-refractivity contribution >= 4 is 17.4 Å². The highest BCUT2D eigenvalue weighted by Crippen LogP contribution is 2.39. The number of rotatable bonds is 6. The third kappa shape index (κ3) is 3.78. The molecule has 7 heteroatoms. The van der Waals surface area contributed by atoms with Crippen LogP contribution in [0.25, 0.3) is 5.76 Å². The third-order valence-corrected chi connectivity index (χ3v) is 4.47. The minimum Gasteiger partial charge on any atom is -0.507 e. The number of halogens is 1. The molecule has 1 amide bonds. The number of Topliss-reactive ketones (excluding diaryl/α,β-unsaturated/α-hetero) is 1. The van der Waals surface area contributed by atoms with E-state index in [9.17, 15) is 19.1 Å². The first-order chi connectivity index (χ1) is 12.9. The number of carbonyl (C=O) groups is 2. The summed E-state index contributed by atoms with van der Waals surface area (Å²) in [6.07, 6.45) is 2.11. The second-order valence-corrected chi connectivity index (χ2v) is 6.67. The highest BCUT2D eigenvalue weighted by Gasteiger charge is 2.47. The number of amides is 1. The van der Waals surface area contributed by atoms with Crippen LogP contribution < -0.4 is 0 Å². The van der Waals surface area contributed by atoms with Gasteiger partial charge in [-0.2, -0.15) is 0 Å². The topological polar surface area (TPSA) is 74.0 Å². The highest BCUT2D eigenvalue weighted by atomic mass is 19.1. The zero-order chi connectivity index (χ0) is 19.6. The van der Waals surface area contributed by atoms with Crippen molar-refractivity contribution in [3.63, 3.8) is 0 Å². The van der Waals surface area contributed by atoms with Crippen molar-refractivity contribution in [2.45, 2.75) is 12.5 Å². The van der Waals surface area contributed by atoms with E-state index in [4.69, 9.17) is 4.42 Å². The number of benzene rings is 1. The van der Waals surface area contributed by atoms with Gasteiger partial charge in [-0.3, -0.25) is 9.59 Å². The predicted molar refractivity (Wildman–Crippen MR) is 97.3 cm³/mol. The van der Waals surface area contributed by atoms with Gasteiger partial charge in [-0.15, -0.1) is 0 Å². The summed E-state index contributed by atoms with van der Waals surface area (Å²) < 4.78 is 18.6. The van der Waals surface area contributed by atoms with Gasteiger partial charge >= 0.3 is 0 Å². The first-order valence-electron chi connectivity index (χ1n) is 8.62. The van der Waals surface area contributed by atoms with Crippen molar-refractivity contribution in [3.05, 3.63) is 65.4 Å². The van der Waals surface area contributed by atoms with Crippen LogP contribution in [-0.4, -0.2) is 53.8 Å². The molecule has 27 heavy (non-hydrogen) atoms. The molecule has 142 valence electrons. The summed E-state index contributed by atoms with van der Waals surface area (Å²) in [6, 6.07) is 7.61. The second-order valence-electron chi connectivity index (χ2n) is 6.67. The Morgan fingerprint density at radius 1 is 1.22 bits per heavy atom. The summed E-state index contributed by atoms with van der Waals surface area (Å²) in [7, 11) is 3.85. The number of aliphatic hydroxyl groups is 1. The van der Waals surface area contributed by atoms with Gasteiger partial charge in [0.1, 0.15) is 23.4 Å². The average Bonchev–Trinajstić information content (AvgIpc) is 3.24. The van der Waals surface area contributed by atoms with E-state index in [0.717, 1.165) is 6.54 Å². The molecule has 1 aliphatic heterocycles. The van der Waals surface area contributed by atoms with Crippen molar-refractivity contribution < 1.29 is 23.5 Å². The van der Waals surface area contributed by atoms with Crippen LogP contribution in [0, 0.1) is 5.82 Å². The fourth-order valence-electron chi connectivity index (χ4n) is 3.17. The quantitative estimate of drug-likeness (QED) is 0.480. The molecule has 1 atom stereocenters. The lowest BCUT2D eigenvalue weighted by molar-refractivity contribution is -0.140. The summed E-state index contributed by atoms with van der Waals surface area (Å²) in [5, 5.41) is 10.7. The lowest BCUT2D eigenvalue weighted by Crippen LogP contribution is -2.32. The first kappa shape index (κ1) is 18.8.